The summed E-state index contributed by atoms with van der Waals surface area (Å²) in [6.45, 7) is 1.49. The molecule has 32 heavy (non-hydrogen) atoms. The monoisotopic (exact) mass is 431 g/mol. The smallest absolute Gasteiger partial charge is 0.323 e. The van der Waals surface area contributed by atoms with Crippen molar-refractivity contribution in [1.29, 1.82) is 0 Å². The van der Waals surface area contributed by atoms with Crippen LogP contribution in [0, 0.1) is 0 Å². The number of amides is 1. The van der Waals surface area contributed by atoms with Crippen LogP contribution in [0.5, 0.6) is 0 Å². The maximum Gasteiger partial charge on any atom is 0.323 e. The number of hydrogen-bond acceptors (Lipinski definition) is 5. The van der Waals surface area contributed by atoms with E-state index in [1.807, 2.05) is 6.92 Å². The second kappa shape index (κ2) is 8.38. The van der Waals surface area contributed by atoms with Gasteiger partial charge >= 0.3 is 5.97 Å². The van der Waals surface area contributed by atoms with E-state index in [1.165, 1.54) is 4.90 Å². The minimum Gasteiger partial charge on any atom is -0.480 e. The quantitative estimate of drug-likeness (QED) is 0.369. The van der Waals surface area contributed by atoms with Gasteiger partial charge < -0.3 is 15.8 Å². The molecule has 0 saturated heterocycles. The zero-order valence-corrected chi connectivity index (χ0v) is 17.2. The van der Waals surface area contributed by atoms with Gasteiger partial charge in [0.15, 0.2) is 0 Å². The van der Waals surface area contributed by atoms with E-state index in [0.29, 0.717) is 22.3 Å². The molecule has 2 aromatic heterocycles. The number of benzene rings is 2. The molecule has 1 atom stereocenters. The van der Waals surface area contributed by atoms with Crippen molar-refractivity contribution in [3.8, 4) is 0 Å². The summed E-state index contributed by atoms with van der Waals surface area (Å²) in [6, 6.07) is 15.5. The number of fused-ring (bicyclic) bond motifs is 1. The summed E-state index contributed by atoms with van der Waals surface area (Å²) in [5, 5.41) is 9.69. The topological polar surface area (TPSA) is 145 Å². The molecular weight excluding hydrogens is 410 g/mol. The number of aromatic nitrogens is 3. The van der Waals surface area contributed by atoms with Gasteiger partial charge in [-0.1, -0.05) is 37.3 Å². The van der Waals surface area contributed by atoms with Crippen LogP contribution in [0.4, 0.5) is 11.6 Å². The molecule has 162 valence electrons. The third-order valence-electron chi connectivity index (χ3n) is 5.32. The number of rotatable bonds is 6. The zero-order valence-electron chi connectivity index (χ0n) is 17.2. The van der Waals surface area contributed by atoms with Crippen molar-refractivity contribution in [3.63, 3.8) is 0 Å². The lowest BCUT2D eigenvalue weighted by atomic mass is 9.92. The van der Waals surface area contributed by atoms with Crippen LogP contribution in [0.1, 0.15) is 34.3 Å². The highest BCUT2D eigenvalue weighted by molar-refractivity contribution is 6.08. The SMILES string of the molecule is CC(c1ccc(C(=O)N(CC(=O)O)c2ccccc2)cc1)c1c[nH]c2nc(N)[nH]c(=O)c12. The van der Waals surface area contributed by atoms with E-state index in [0.717, 1.165) is 11.1 Å². The number of para-hydroxylation sites is 1. The Balaban J connectivity index is 1.63. The minimum absolute atomic E-state index is 0.0377. The number of carbonyl (C=O) groups excluding carboxylic acids is 1. The fourth-order valence-electron chi connectivity index (χ4n) is 3.70. The first-order chi connectivity index (χ1) is 15.3. The molecular formula is C23H21N5O4. The average Bonchev–Trinajstić information content (AvgIpc) is 3.21. The number of anilines is 2. The molecule has 4 aromatic rings. The van der Waals surface area contributed by atoms with Gasteiger partial charge in [0.25, 0.3) is 11.5 Å². The Labute approximate surface area is 182 Å². The summed E-state index contributed by atoms with van der Waals surface area (Å²) < 4.78 is 0. The van der Waals surface area contributed by atoms with Crippen molar-refractivity contribution in [2.75, 3.05) is 17.2 Å². The van der Waals surface area contributed by atoms with Crippen molar-refractivity contribution in [1.82, 2.24) is 15.0 Å². The maximum absolute atomic E-state index is 13.0. The van der Waals surface area contributed by atoms with Gasteiger partial charge in [0, 0.05) is 23.4 Å². The van der Waals surface area contributed by atoms with Gasteiger partial charge in [-0.3, -0.25) is 24.3 Å². The molecule has 0 aliphatic heterocycles. The minimum atomic E-state index is -1.11. The zero-order chi connectivity index (χ0) is 22.8. The number of hydrogen-bond donors (Lipinski definition) is 4. The third kappa shape index (κ3) is 3.95. The molecule has 0 saturated carbocycles. The first-order valence-electron chi connectivity index (χ1n) is 9.90. The van der Waals surface area contributed by atoms with Gasteiger partial charge in [0.05, 0.1) is 5.39 Å². The summed E-state index contributed by atoms with van der Waals surface area (Å²) >= 11 is 0. The van der Waals surface area contributed by atoms with E-state index >= 15 is 0 Å². The molecule has 1 amide bonds. The van der Waals surface area contributed by atoms with E-state index in [2.05, 4.69) is 15.0 Å². The molecule has 2 heterocycles. The summed E-state index contributed by atoms with van der Waals surface area (Å²) in [7, 11) is 0. The molecule has 0 bridgehead atoms. The van der Waals surface area contributed by atoms with Crippen molar-refractivity contribution in [2.45, 2.75) is 12.8 Å². The number of nitrogens with zero attached hydrogens (tertiary/aromatic N) is 2. The van der Waals surface area contributed by atoms with Crippen molar-refractivity contribution in [2.24, 2.45) is 0 Å². The number of carboxylic acid groups (broad SMARTS) is 1. The Hall–Kier alpha value is -4.40. The Morgan fingerprint density at radius 3 is 2.47 bits per heavy atom. The second-order valence-corrected chi connectivity index (χ2v) is 7.38. The highest BCUT2D eigenvalue weighted by atomic mass is 16.4. The molecule has 9 heteroatoms. The van der Waals surface area contributed by atoms with Gasteiger partial charge in [-0.2, -0.15) is 4.98 Å². The molecule has 9 nitrogen and oxygen atoms in total. The molecule has 0 spiro atoms. The summed E-state index contributed by atoms with van der Waals surface area (Å²) in [5.74, 6) is -1.65. The molecule has 2 aromatic carbocycles. The normalized spacial score (nSPS) is 11.9. The molecule has 1 unspecified atom stereocenters. The number of aromatic amines is 2. The summed E-state index contributed by atoms with van der Waals surface area (Å²) in [5.41, 5.74) is 8.18. The molecule has 0 aliphatic rings. The van der Waals surface area contributed by atoms with Crippen molar-refractivity contribution >= 4 is 34.5 Å². The lowest BCUT2D eigenvalue weighted by Crippen LogP contribution is -2.35. The van der Waals surface area contributed by atoms with Crippen LogP contribution in [0.25, 0.3) is 11.0 Å². The number of aliphatic carboxylic acids is 1. The molecule has 5 N–H and O–H groups in total. The van der Waals surface area contributed by atoms with E-state index in [9.17, 15) is 19.5 Å². The Morgan fingerprint density at radius 1 is 1.12 bits per heavy atom. The molecule has 0 fully saturated rings. The van der Waals surface area contributed by atoms with E-state index in [1.54, 1.807) is 60.8 Å². The van der Waals surface area contributed by atoms with Crippen LogP contribution in [0.15, 0.2) is 65.6 Å². The predicted octanol–water partition coefficient (Wildman–Crippen LogP) is 2.72. The Kier molecular flexibility index (Phi) is 5.46. The van der Waals surface area contributed by atoms with Crippen molar-refractivity contribution in [3.05, 3.63) is 87.8 Å². The first-order valence-corrected chi connectivity index (χ1v) is 9.90. The number of nitrogens with one attached hydrogen (secondary N) is 2. The second-order valence-electron chi connectivity index (χ2n) is 7.38. The predicted molar refractivity (Wildman–Crippen MR) is 121 cm³/mol. The van der Waals surface area contributed by atoms with Crippen molar-refractivity contribution < 1.29 is 14.7 Å². The number of carbonyl (C=O) groups is 2. The molecule has 0 radical (unpaired) electrons. The fraction of sp³-hybridized carbons (Fsp3) is 0.130. The molecule has 0 aliphatic carbocycles. The number of nitrogens with two attached hydrogens (primary N) is 1. The number of nitrogen functional groups attached to an aromatic ring is 1. The standard InChI is InChI=1S/C23H21N5O4/c1-13(17-11-25-20-19(17)21(31)27-23(24)26-20)14-7-9-15(10-8-14)22(32)28(12-18(29)30)16-5-3-2-4-6-16/h2-11,13H,12H2,1H3,(H,29,30)(H4,24,25,26,27,31). The fourth-order valence-corrected chi connectivity index (χ4v) is 3.70. The largest absolute Gasteiger partial charge is 0.480 e. The van der Waals surface area contributed by atoms with E-state index in [4.69, 9.17) is 5.73 Å². The summed E-state index contributed by atoms with van der Waals surface area (Å²) in [6.07, 6.45) is 1.72. The number of H-pyrrole nitrogens is 2. The Morgan fingerprint density at radius 2 is 1.81 bits per heavy atom. The summed E-state index contributed by atoms with van der Waals surface area (Å²) in [4.78, 5) is 47.5. The van der Waals surface area contributed by atoms with Gasteiger partial charge in [-0.05, 0) is 35.4 Å². The number of carboxylic acids is 1. The van der Waals surface area contributed by atoms with Crippen LogP contribution >= 0.6 is 0 Å². The van der Waals surface area contributed by atoms with Crippen LogP contribution in [0.2, 0.25) is 0 Å². The van der Waals surface area contributed by atoms with Gasteiger partial charge in [-0.25, -0.2) is 0 Å². The van der Waals surface area contributed by atoms with Crippen LogP contribution < -0.4 is 16.2 Å². The lowest BCUT2D eigenvalue weighted by Gasteiger charge is -2.21. The van der Waals surface area contributed by atoms with Gasteiger partial charge in [0.2, 0.25) is 5.95 Å². The molecule has 4 rings (SSSR count). The lowest BCUT2D eigenvalue weighted by molar-refractivity contribution is -0.135. The van der Waals surface area contributed by atoms with Gasteiger partial charge in [-0.15, -0.1) is 0 Å². The first kappa shape index (κ1) is 20.9. The maximum atomic E-state index is 13.0. The highest BCUT2D eigenvalue weighted by Gasteiger charge is 2.22. The average molecular weight is 431 g/mol. The Bertz CT molecular complexity index is 1340. The highest BCUT2D eigenvalue weighted by Crippen LogP contribution is 2.29. The third-order valence-corrected chi connectivity index (χ3v) is 5.32. The van der Waals surface area contributed by atoms with Crippen LogP contribution in [-0.4, -0.2) is 38.5 Å². The van der Waals surface area contributed by atoms with Gasteiger partial charge in [0.1, 0.15) is 12.2 Å². The van der Waals surface area contributed by atoms with E-state index in [-0.39, 0.29) is 17.4 Å². The van der Waals surface area contributed by atoms with Crippen LogP contribution in [0.3, 0.4) is 0 Å². The van der Waals surface area contributed by atoms with Crippen LogP contribution in [-0.2, 0) is 4.79 Å². The van der Waals surface area contributed by atoms with E-state index < -0.39 is 18.4 Å².